The van der Waals surface area contributed by atoms with Crippen molar-refractivity contribution < 1.29 is 9.26 Å². The van der Waals surface area contributed by atoms with Crippen molar-refractivity contribution in [3.05, 3.63) is 17.0 Å². The van der Waals surface area contributed by atoms with Crippen LogP contribution in [0.1, 0.15) is 29.4 Å². The zero-order valence-electron chi connectivity index (χ0n) is 7.75. The summed E-state index contributed by atoms with van der Waals surface area (Å²) < 4.78 is 10.6. The minimum absolute atomic E-state index is 0.361. The normalized spacial score (nSPS) is 22.5. The Labute approximate surface area is 77.0 Å². The van der Waals surface area contributed by atoms with Crippen molar-refractivity contribution in [1.29, 1.82) is 0 Å². The molecule has 2 heterocycles. The van der Waals surface area contributed by atoms with E-state index in [2.05, 4.69) is 5.16 Å². The molecule has 1 aromatic rings. The Morgan fingerprint density at radius 1 is 1.62 bits per heavy atom. The van der Waals surface area contributed by atoms with Gasteiger partial charge in [-0.25, -0.2) is 0 Å². The number of hydrogen-bond acceptors (Lipinski definition) is 4. The molecule has 2 rings (SSSR count). The minimum Gasteiger partial charge on any atom is -0.381 e. The molecule has 0 aromatic carbocycles. The van der Waals surface area contributed by atoms with E-state index < -0.39 is 0 Å². The standard InChI is InChI=1S/C9H14N2O2/c1-6-8(4-10)9(13-11-6)7-2-3-12-5-7/h7H,2-5,10H2,1H3. The van der Waals surface area contributed by atoms with Crippen LogP contribution in [-0.2, 0) is 11.3 Å². The second-order valence-electron chi connectivity index (χ2n) is 3.38. The van der Waals surface area contributed by atoms with Crippen LogP contribution < -0.4 is 5.73 Å². The predicted octanol–water partition coefficient (Wildman–Crippen LogP) is 0.946. The third kappa shape index (κ3) is 1.47. The van der Waals surface area contributed by atoms with Crippen molar-refractivity contribution >= 4 is 0 Å². The molecule has 1 atom stereocenters. The lowest BCUT2D eigenvalue weighted by molar-refractivity contribution is 0.189. The third-order valence-electron chi connectivity index (χ3n) is 2.52. The molecular formula is C9H14N2O2. The first-order chi connectivity index (χ1) is 6.33. The molecule has 0 radical (unpaired) electrons. The molecule has 72 valence electrons. The fourth-order valence-electron chi connectivity index (χ4n) is 1.72. The van der Waals surface area contributed by atoms with Gasteiger partial charge in [0.05, 0.1) is 12.3 Å². The van der Waals surface area contributed by atoms with Crippen LogP contribution in [0.5, 0.6) is 0 Å². The molecule has 1 aromatic heterocycles. The van der Waals surface area contributed by atoms with Gasteiger partial charge in [0.15, 0.2) is 0 Å². The van der Waals surface area contributed by atoms with Gasteiger partial charge in [-0.1, -0.05) is 5.16 Å². The molecule has 1 fully saturated rings. The lowest BCUT2D eigenvalue weighted by atomic mass is 10.0. The van der Waals surface area contributed by atoms with E-state index in [0.29, 0.717) is 12.5 Å². The van der Waals surface area contributed by atoms with E-state index >= 15 is 0 Å². The van der Waals surface area contributed by atoms with Gasteiger partial charge >= 0.3 is 0 Å². The molecule has 4 heteroatoms. The molecule has 0 spiro atoms. The summed E-state index contributed by atoms with van der Waals surface area (Å²) in [4.78, 5) is 0. The van der Waals surface area contributed by atoms with Crippen LogP contribution in [-0.4, -0.2) is 18.4 Å². The lowest BCUT2D eigenvalue weighted by Gasteiger charge is -2.04. The molecule has 13 heavy (non-hydrogen) atoms. The van der Waals surface area contributed by atoms with Gasteiger partial charge < -0.3 is 15.0 Å². The van der Waals surface area contributed by atoms with E-state index in [0.717, 1.165) is 36.7 Å². The topological polar surface area (TPSA) is 61.3 Å². The number of nitrogens with zero attached hydrogens (tertiary/aromatic N) is 1. The maximum atomic E-state index is 5.62. The van der Waals surface area contributed by atoms with Gasteiger partial charge in [-0.05, 0) is 13.3 Å². The average molecular weight is 182 g/mol. The molecule has 4 nitrogen and oxygen atoms in total. The zero-order chi connectivity index (χ0) is 9.26. The van der Waals surface area contributed by atoms with Crippen molar-refractivity contribution in [3.8, 4) is 0 Å². The molecule has 1 aliphatic heterocycles. The second kappa shape index (κ2) is 3.47. The Balaban J connectivity index is 2.27. The number of aromatic nitrogens is 1. The molecule has 0 amide bonds. The van der Waals surface area contributed by atoms with Crippen molar-refractivity contribution in [2.75, 3.05) is 13.2 Å². The number of hydrogen-bond donors (Lipinski definition) is 1. The summed E-state index contributed by atoms with van der Waals surface area (Å²) in [7, 11) is 0. The van der Waals surface area contributed by atoms with Gasteiger partial charge in [-0.3, -0.25) is 0 Å². The van der Waals surface area contributed by atoms with Gasteiger partial charge in [-0.15, -0.1) is 0 Å². The Bertz CT molecular complexity index is 290. The minimum atomic E-state index is 0.361. The van der Waals surface area contributed by atoms with Crippen LogP contribution in [0.4, 0.5) is 0 Å². The summed E-state index contributed by atoms with van der Waals surface area (Å²) in [5.41, 5.74) is 7.58. The number of rotatable bonds is 2. The van der Waals surface area contributed by atoms with Gasteiger partial charge in [0, 0.05) is 24.6 Å². The Morgan fingerprint density at radius 2 is 2.46 bits per heavy atom. The lowest BCUT2D eigenvalue weighted by Crippen LogP contribution is -2.05. The van der Waals surface area contributed by atoms with E-state index in [1.807, 2.05) is 6.92 Å². The molecule has 0 saturated carbocycles. The molecule has 1 saturated heterocycles. The van der Waals surface area contributed by atoms with Crippen LogP contribution in [0.3, 0.4) is 0 Å². The maximum absolute atomic E-state index is 5.62. The van der Waals surface area contributed by atoms with E-state index in [1.165, 1.54) is 0 Å². The fraction of sp³-hybridized carbons (Fsp3) is 0.667. The smallest absolute Gasteiger partial charge is 0.146 e. The van der Waals surface area contributed by atoms with Gasteiger partial charge in [0.2, 0.25) is 0 Å². The van der Waals surface area contributed by atoms with Gasteiger partial charge in [0.1, 0.15) is 5.76 Å². The van der Waals surface area contributed by atoms with Gasteiger partial charge in [0.25, 0.3) is 0 Å². The van der Waals surface area contributed by atoms with E-state index in [9.17, 15) is 0 Å². The summed E-state index contributed by atoms with van der Waals surface area (Å²) in [6.45, 7) is 3.97. The van der Waals surface area contributed by atoms with Crippen LogP contribution in [0, 0.1) is 6.92 Å². The Kier molecular flexibility index (Phi) is 2.33. The Hall–Kier alpha value is -0.870. The quantitative estimate of drug-likeness (QED) is 0.739. The Morgan fingerprint density at radius 3 is 3.08 bits per heavy atom. The van der Waals surface area contributed by atoms with E-state index in [-0.39, 0.29) is 0 Å². The van der Waals surface area contributed by atoms with E-state index in [1.54, 1.807) is 0 Å². The molecule has 1 unspecified atom stereocenters. The zero-order valence-corrected chi connectivity index (χ0v) is 7.75. The predicted molar refractivity (Wildman–Crippen MR) is 47.3 cm³/mol. The highest BCUT2D eigenvalue weighted by atomic mass is 16.5. The average Bonchev–Trinajstić information content (AvgIpc) is 2.71. The molecular weight excluding hydrogens is 168 g/mol. The summed E-state index contributed by atoms with van der Waals surface area (Å²) in [5, 5.41) is 3.92. The van der Waals surface area contributed by atoms with Crippen molar-refractivity contribution in [2.24, 2.45) is 5.73 Å². The first kappa shape index (κ1) is 8.72. The highest BCUT2D eigenvalue weighted by Crippen LogP contribution is 2.29. The second-order valence-corrected chi connectivity index (χ2v) is 3.38. The fourth-order valence-corrected chi connectivity index (χ4v) is 1.72. The van der Waals surface area contributed by atoms with Gasteiger partial charge in [-0.2, -0.15) is 0 Å². The summed E-state index contributed by atoms with van der Waals surface area (Å²) in [6.07, 6.45) is 1.02. The molecule has 0 bridgehead atoms. The highest BCUT2D eigenvalue weighted by molar-refractivity contribution is 5.25. The monoisotopic (exact) mass is 182 g/mol. The summed E-state index contributed by atoms with van der Waals surface area (Å²) in [6, 6.07) is 0. The third-order valence-corrected chi connectivity index (χ3v) is 2.52. The first-order valence-electron chi connectivity index (χ1n) is 4.55. The number of ether oxygens (including phenoxy) is 1. The van der Waals surface area contributed by atoms with Crippen LogP contribution in [0.25, 0.3) is 0 Å². The van der Waals surface area contributed by atoms with Crippen molar-refractivity contribution in [1.82, 2.24) is 5.16 Å². The SMILES string of the molecule is Cc1noc(C2CCOC2)c1CN. The molecule has 1 aliphatic rings. The van der Waals surface area contributed by atoms with Crippen molar-refractivity contribution in [2.45, 2.75) is 25.8 Å². The van der Waals surface area contributed by atoms with Crippen molar-refractivity contribution in [3.63, 3.8) is 0 Å². The highest BCUT2D eigenvalue weighted by Gasteiger charge is 2.25. The maximum Gasteiger partial charge on any atom is 0.146 e. The number of aryl methyl sites for hydroxylation is 1. The van der Waals surface area contributed by atoms with Crippen LogP contribution in [0.15, 0.2) is 4.52 Å². The summed E-state index contributed by atoms with van der Waals surface area (Å²) in [5.74, 6) is 1.29. The molecule has 2 N–H and O–H groups in total. The largest absolute Gasteiger partial charge is 0.381 e. The van der Waals surface area contributed by atoms with E-state index in [4.69, 9.17) is 15.0 Å². The summed E-state index contributed by atoms with van der Waals surface area (Å²) >= 11 is 0. The van der Waals surface area contributed by atoms with Crippen LogP contribution in [0.2, 0.25) is 0 Å². The molecule has 0 aliphatic carbocycles. The first-order valence-corrected chi connectivity index (χ1v) is 4.55. The number of nitrogens with two attached hydrogens (primary N) is 1. The van der Waals surface area contributed by atoms with Crippen LogP contribution >= 0.6 is 0 Å².